The Morgan fingerprint density at radius 3 is 2.80 bits per heavy atom. The zero-order valence-corrected chi connectivity index (χ0v) is 12.0. The van der Waals surface area contributed by atoms with Crippen LogP contribution in [0.5, 0.6) is 0 Å². The Morgan fingerprint density at radius 1 is 1.45 bits per heavy atom. The van der Waals surface area contributed by atoms with Crippen LogP contribution < -0.4 is 4.72 Å². The van der Waals surface area contributed by atoms with E-state index in [1.54, 1.807) is 18.2 Å². The number of carbonyl (C=O) groups is 1. The summed E-state index contributed by atoms with van der Waals surface area (Å²) in [7, 11) is -2.29. The number of nitrogens with one attached hydrogen (secondary N) is 1. The Balaban J connectivity index is 2.03. The van der Waals surface area contributed by atoms with E-state index in [0.717, 1.165) is 0 Å². The fourth-order valence-electron chi connectivity index (χ4n) is 2.37. The molecule has 0 aliphatic carbocycles. The quantitative estimate of drug-likeness (QED) is 0.890. The van der Waals surface area contributed by atoms with Crippen molar-refractivity contribution in [2.75, 3.05) is 25.9 Å². The van der Waals surface area contributed by atoms with Gasteiger partial charge in [-0.15, -0.1) is 0 Å². The minimum absolute atomic E-state index is 0.0718. The number of likely N-dealkylation sites (tertiary alicyclic amines) is 1. The van der Waals surface area contributed by atoms with E-state index in [1.165, 1.54) is 18.0 Å². The number of hydrogen-bond acceptors (Lipinski definition) is 3. The minimum Gasteiger partial charge on any atom is -0.341 e. The molecule has 1 N–H and O–H groups in total. The number of halogens is 1. The fraction of sp³-hybridized carbons (Fsp3) is 0.462. The fourth-order valence-corrected chi connectivity index (χ4v) is 3.02. The standard InChI is InChI=1S/C13H17FN2O3S/c1-15-20(18,19)9-13(17)16-7-6-10(8-16)11-4-2-3-5-12(11)14/h2-5,10,15H,6-9H2,1H3/t10-/m1/s1. The number of nitrogens with zero attached hydrogens (tertiary/aromatic N) is 1. The van der Waals surface area contributed by atoms with Gasteiger partial charge in [0.15, 0.2) is 0 Å². The van der Waals surface area contributed by atoms with Crippen LogP contribution in [-0.4, -0.2) is 45.1 Å². The highest BCUT2D eigenvalue weighted by Gasteiger charge is 2.30. The lowest BCUT2D eigenvalue weighted by Gasteiger charge is -2.16. The number of sulfonamides is 1. The second-order valence-corrected chi connectivity index (χ2v) is 6.74. The summed E-state index contributed by atoms with van der Waals surface area (Å²) in [6.07, 6.45) is 0.645. The lowest BCUT2D eigenvalue weighted by atomic mass is 9.98. The maximum Gasteiger partial charge on any atom is 0.239 e. The number of benzene rings is 1. The molecule has 1 aromatic rings. The van der Waals surface area contributed by atoms with Crippen molar-refractivity contribution in [2.45, 2.75) is 12.3 Å². The Labute approximate surface area is 117 Å². The van der Waals surface area contributed by atoms with E-state index < -0.39 is 21.7 Å². The molecule has 1 atom stereocenters. The Hall–Kier alpha value is -1.47. The maximum atomic E-state index is 13.7. The molecule has 0 radical (unpaired) electrons. The summed E-state index contributed by atoms with van der Waals surface area (Å²) in [4.78, 5) is 13.4. The van der Waals surface area contributed by atoms with Gasteiger partial charge in [0.1, 0.15) is 11.6 Å². The lowest BCUT2D eigenvalue weighted by molar-refractivity contribution is -0.127. The van der Waals surface area contributed by atoms with Crippen LogP contribution in [0.2, 0.25) is 0 Å². The van der Waals surface area contributed by atoms with E-state index in [9.17, 15) is 17.6 Å². The summed E-state index contributed by atoms with van der Waals surface area (Å²) in [5.74, 6) is -1.36. The van der Waals surface area contributed by atoms with Crippen LogP contribution in [0.15, 0.2) is 24.3 Å². The second kappa shape index (κ2) is 5.88. The van der Waals surface area contributed by atoms with Crippen molar-refractivity contribution >= 4 is 15.9 Å². The molecule has 20 heavy (non-hydrogen) atoms. The highest BCUT2D eigenvalue weighted by atomic mass is 32.2. The van der Waals surface area contributed by atoms with Crippen LogP contribution in [0.3, 0.4) is 0 Å². The van der Waals surface area contributed by atoms with Crippen LogP contribution in [0.25, 0.3) is 0 Å². The van der Waals surface area contributed by atoms with Crippen molar-refractivity contribution in [2.24, 2.45) is 0 Å². The van der Waals surface area contributed by atoms with Gasteiger partial charge in [-0.25, -0.2) is 17.5 Å². The van der Waals surface area contributed by atoms with Gasteiger partial charge >= 0.3 is 0 Å². The van der Waals surface area contributed by atoms with Crippen molar-refractivity contribution in [3.05, 3.63) is 35.6 Å². The van der Waals surface area contributed by atoms with Crippen LogP contribution >= 0.6 is 0 Å². The molecule has 2 rings (SSSR count). The topological polar surface area (TPSA) is 66.5 Å². The van der Waals surface area contributed by atoms with E-state index in [-0.39, 0.29) is 11.7 Å². The van der Waals surface area contributed by atoms with E-state index >= 15 is 0 Å². The smallest absolute Gasteiger partial charge is 0.239 e. The van der Waals surface area contributed by atoms with Crippen molar-refractivity contribution in [3.8, 4) is 0 Å². The Bertz CT molecular complexity index is 603. The zero-order valence-electron chi connectivity index (χ0n) is 11.2. The summed E-state index contributed by atoms with van der Waals surface area (Å²) in [5.41, 5.74) is 0.583. The molecule has 0 spiro atoms. The van der Waals surface area contributed by atoms with Crippen molar-refractivity contribution < 1.29 is 17.6 Å². The molecule has 1 amide bonds. The first-order valence-corrected chi connectivity index (χ1v) is 8.01. The number of carbonyl (C=O) groups excluding carboxylic acids is 1. The molecule has 5 nitrogen and oxygen atoms in total. The van der Waals surface area contributed by atoms with Gasteiger partial charge in [-0.1, -0.05) is 18.2 Å². The third kappa shape index (κ3) is 3.34. The van der Waals surface area contributed by atoms with Crippen molar-refractivity contribution in [1.29, 1.82) is 0 Å². The zero-order chi connectivity index (χ0) is 14.8. The van der Waals surface area contributed by atoms with Gasteiger partial charge < -0.3 is 4.90 Å². The highest BCUT2D eigenvalue weighted by molar-refractivity contribution is 7.90. The van der Waals surface area contributed by atoms with Gasteiger partial charge in [-0.3, -0.25) is 4.79 Å². The third-order valence-electron chi connectivity index (χ3n) is 3.51. The SMILES string of the molecule is CNS(=O)(=O)CC(=O)N1CC[C@@H](c2ccccc2F)C1. The molecule has 0 unspecified atom stereocenters. The summed E-state index contributed by atoms with van der Waals surface area (Å²) < 4.78 is 38.5. The molecule has 7 heteroatoms. The molecule has 0 saturated carbocycles. The Kier molecular flexibility index (Phi) is 4.39. The molecular weight excluding hydrogens is 283 g/mol. The predicted octanol–water partition coefficient (Wildman–Crippen LogP) is 0.691. The maximum absolute atomic E-state index is 13.7. The van der Waals surface area contributed by atoms with Crippen LogP contribution in [-0.2, 0) is 14.8 Å². The molecule has 1 aliphatic heterocycles. The molecule has 0 bridgehead atoms. The first-order chi connectivity index (χ1) is 9.43. The predicted molar refractivity (Wildman–Crippen MR) is 73.2 cm³/mol. The minimum atomic E-state index is -3.56. The summed E-state index contributed by atoms with van der Waals surface area (Å²) in [6.45, 7) is 0.816. The molecule has 1 aliphatic rings. The number of hydrogen-bond donors (Lipinski definition) is 1. The summed E-state index contributed by atoms with van der Waals surface area (Å²) >= 11 is 0. The third-order valence-corrected chi connectivity index (χ3v) is 4.76. The van der Waals surface area contributed by atoms with Crippen LogP contribution in [0.4, 0.5) is 4.39 Å². The Morgan fingerprint density at radius 2 is 2.15 bits per heavy atom. The van der Waals surface area contributed by atoms with Crippen molar-refractivity contribution in [1.82, 2.24) is 9.62 Å². The summed E-state index contributed by atoms with van der Waals surface area (Å²) in [5, 5.41) is 0. The van der Waals surface area contributed by atoms with E-state index in [0.29, 0.717) is 25.1 Å². The molecular formula is C13H17FN2O3S. The van der Waals surface area contributed by atoms with Crippen LogP contribution in [0.1, 0.15) is 17.9 Å². The average molecular weight is 300 g/mol. The van der Waals surface area contributed by atoms with Gasteiger partial charge in [0.2, 0.25) is 15.9 Å². The normalized spacial score (nSPS) is 19.3. The molecule has 1 fully saturated rings. The average Bonchev–Trinajstić information content (AvgIpc) is 2.88. The largest absolute Gasteiger partial charge is 0.341 e. The van der Waals surface area contributed by atoms with Gasteiger partial charge in [0, 0.05) is 19.0 Å². The first-order valence-electron chi connectivity index (χ1n) is 6.36. The van der Waals surface area contributed by atoms with Gasteiger partial charge in [-0.05, 0) is 25.1 Å². The molecule has 110 valence electrons. The van der Waals surface area contributed by atoms with E-state index in [1.807, 2.05) is 0 Å². The highest BCUT2D eigenvalue weighted by Crippen LogP contribution is 2.28. The van der Waals surface area contributed by atoms with E-state index in [2.05, 4.69) is 4.72 Å². The molecule has 1 heterocycles. The van der Waals surface area contributed by atoms with Gasteiger partial charge in [0.25, 0.3) is 0 Å². The van der Waals surface area contributed by atoms with E-state index in [4.69, 9.17) is 0 Å². The summed E-state index contributed by atoms with van der Waals surface area (Å²) in [6, 6.07) is 6.48. The second-order valence-electron chi connectivity index (χ2n) is 4.81. The first kappa shape index (κ1) is 14.9. The molecule has 1 saturated heterocycles. The molecule has 0 aromatic heterocycles. The van der Waals surface area contributed by atoms with Crippen molar-refractivity contribution in [3.63, 3.8) is 0 Å². The van der Waals surface area contributed by atoms with Gasteiger partial charge in [0.05, 0.1) is 0 Å². The number of rotatable bonds is 4. The molecule has 1 aromatic carbocycles. The lowest BCUT2D eigenvalue weighted by Crippen LogP contribution is -2.37. The monoisotopic (exact) mass is 300 g/mol. The van der Waals surface area contributed by atoms with Gasteiger partial charge in [-0.2, -0.15) is 0 Å². The van der Waals surface area contributed by atoms with Crippen LogP contribution in [0, 0.1) is 5.82 Å². The number of amides is 1.